The lowest BCUT2D eigenvalue weighted by atomic mass is 10.00. The van der Waals surface area contributed by atoms with Crippen molar-refractivity contribution in [2.75, 3.05) is 6.61 Å². The summed E-state index contributed by atoms with van der Waals surface area (Å²) >= 11 is 1.70. The minimum absolute atomic E-state index is 0.0754. The lowest BCUT2D eigenvalue weighted by molar-refractivity contribution is 0.0436. The van der Waals surface area contributed by atoms with Crippen LogP contribution in [0.1, 0.15) is 35.1 Å². The molecule has 0 radical (unpaired) electrons. The molecule has 0 aliphatic carbocycles. The van der Waals surface area contributed by atoms with Gasteiger partial charge in [-0.2, -0.15) is 0 Å². The molecule has 2 unspecified atom stereocenters. The first-order valence-electron chi connectivity index (χ1n) is 6.20. The maximum atomic E-state index is 6.39. The van der Waals surface area contributed by atoms with E-state index in [1.54, 1.807) is 11.3 Å². The van der Waals surface area contributed by atoms with E-state index in [1.807, 2.05) is 25.1 Å². The second-order valence-electron chi connectivity index (χ2n) is 4.28. The average molecular weight is 261 g/mol. The lowest BCUT2D eigenvalue weighted by Gasteiger charge is -2.24. The Kier molecular flexibility index (Phi) is 4.53. The van der Waals surface area contributed by atoms with Gasteiger partial charge >= 0.3 is 0 Å². The summed E-state index contributed by atoms with van der Waals surface area (Å²) in [6.07, 6.45) is -0.0754. The first kappa shape index (κ1) is 13.3. The van der Waals surface area contributed by atoms with Crippen molar-refractivity contribution >= 4 is 11.3 Å². The molecule has 2 nitrogen and oxygen atoms in total. The second kappa shape index (κ2) is 6.14. The average Bonchev–Trinajstić information content (AvgIpc) is 2.82. The van der Waals surface area contributed by atoms with E-state index in [9.17, 15) is 0 Å². The third-order valence-electron chi connectivity index (χ3n) is 3.00. The number of hydrogen-bond acceptors (Lipinski definition) is 3. The highest BCUT2D eigenvalue weighted by Crippen LogP contribution is 2.34. The maximum Gasteiger partial charge on any atom is 0.102 e. The van der Waals surface area contributed by atoms with Gasteiger partial charge in [-0.3, -0.25) is 0 Å². The predicted molar refractivity (Wildman–Crippen MR) is 76.8 cm³/mol. The molecule has 0 bridgehead atoms. The molecule has 0 amide bonds. The Hall–Kier alpha value is -1.16. The van der Waals surface area contributed by atoms with Crippen LogP contribution >= 0.6 is 11.3 Å². The minimum Gasteiger partial charge on any atom is -0.372 e. The van der Waals surface area contributed by atoms with Crippen molar-refractivity contribution < 1.29 is 4.74 Å². The van der Waals surface area contributed by atoms with E-state index >= 15 is 0 Å². The molecule has 3 heteroatoms. The van der Waals surface area contributed by atoms with Gasteiger partial charge in [0, 0.05) is 11.5 Å². The molecule has 18 heavy (non-hydrogen) atoms. The van der Waals surface area contributed by atoms with Crippen LogP contribution in [-0.4, -0.2) is 6.61 Å². The molecule has 2 atom stereocenters. The van der Waals surface area contributed by atoms with E-state index < -0.39 is 0 Å². The van der Waals surface area contributed by atoms with E-state index in [0.29, 0.717) is 6.61 Å². The highest BCUT2D eigenvalue weighted by Gasteiger charge is 2.23. The molecule has 1 heterocycles. The molecular formula is C15H19NOS. The lowest BCUT2D eigenvalue weighted by Crippen LogP contribution is -2.22. The second-order valence-corrected chi connectivity index (χ2v) is 5.23. The molecule has 2 aromatic rings. The van der Waals surface area contributed by atoms with Crippen LogP contribution in [0.5, 0.6) is 0 Å². The number of hydrogen-bond donors (Lipinski definition) is 1. The van der Waals surface area contributed by atoms with Gasteiger partial charge in [-0.05, 0) is 36.4 Å². The van der Waals surface area contributed by atoms with Crippen LogP contribution in [0.2, 0.25) is 0 Å². The fourth-order valence-electron chi connectivity index (χ4n) is 2.09. The third kappa shape index (κ3) is 2.80. The molecule has 0 spiro atoms. The summed E-state index contributed by atoms with van der Waals surface area (Å²) in [5.41, 5.74) is 8.77. The number of thiophene rings is 1. The predicted octanol–water partition coefficient (Wildman–Crippen LogP) is 3.83. The summed E-state index contributed by atoms with van der Waals surface area (Å²) in [4.78, 5) is 1.21. The number of aryl methyl sites for hydroxylation is 1. The topological polar surface area (TPSA) is 35.2 Å². The summed E-state index contributed by atoms with van der Waals surface area (Å²) in [5.74, 6) is 0. The summed E-state index contributed by atoms with van der Waals surface area (Å²) < 4.78 is 5.85. The Labute approximate surface area is 112 Å². The quantitative estimate of drug-likeness (QED) is 0.887. The fourth-order valence-corrected chi connectivity index (χ4v) is 3.05. The molecule has 2 N–H and O–H groups in total. The highest BCUT2D eigenvalue weighted by molar-refractivity contribution is 7.10. The van der Waals surface area contributed by atoms with Crippen molar-refractivity contribution in [2.24, 2.45) is 5.73 Å². The van der Waals surface area contributed by atoms with Gasteiger partial charge < -0.3 is 10.5 Å². The largest absolute Gasteiger partial charge is 0.372 e. The third-order valence-corrected chi connectivity index (χ3v) is 4.13. The normalized spacial score (nSPS) is 14.4. The van der Waals surface area contributed by atoms with Gasteiger partial charge in [0.1, 0.15) is 6.10 Å². The Morgan fingerprint density at radius 1 is 1.22 bits per heavy atom. The van der Waals surface area contributed by atoms with Crippen LogP contribution < -0.4 is 5.73 Å². The Bertz CT molecular complexity index is 480. The standard InChI is InChI=1S/C15H19NOS/c1-3-17-14(12-7-5-4-6-8-12)13(16)15-11(2)9-10-18-15/h4-10,13-14H,3,16H2,1-2H3. The van der Waals surface area contributed by atoms with Crippen LogP contribution in [-0.2, 0) is 4.74 Å². The first-order valence-corrected chi connectivity index (χ1v) is 7.08. The molecule has 0 aliphatic heterocycles. The summed E-state index contributed by atoms with van der Waals surface area (Å²) in [6, 6.07) is 12.2. The number of benzene rings is 1. The molecule has 96 valence electrons. The van der Waals surface area contributed by atoms with Crippen LogP contribution in [0.4, 0.5) is 0 Å². The molecule has 0 saturated carbocycles. The number of ether oxygens (including phenoxy) is 1. The van der Waals surface area contributed by atoms with Gasteiger partial charge in [0.2, 0.25) is 0 Å². The van der Waals surface area contributed by atoms with Crippen molar-refractivity contribution in [1.82, 2.24) is 0 Å². The summed E-state index contributed by atoms with van der Waals surface area (Å²) in [5, 5.41) is 2.08. The monoisotopic (exact) mass is 261 g/mol. The van der Waals surface area contributed by atoms with Crippen molar-refractivity contribution in [3.05, 3.63) is 57.8 Å². The Morgan fingerprint density at radius 2 is 1.94 bits per heavy atom. The van der Waals surface area contributed by atoms with Gasteiger partial charge in [0.05, 0.1) is 6.04 Å². The zero-order chi connectivity index (χ0) is 13.0. The Balaban J connectivity index is 2.28. The SMILES string of the molecule is CCOC(c1ccccc1)C(N)c1sccc1C. The highest BCUT2D eigenvalue weighted by atomic mass is 32.1. The van der Waals surface area contributed by atoms with Gasteiger partial charge in [-0.25, -0.2) is 0 Å². The molecule has 0 saturated heterocycles. The molecule has 0 aliphatic rings. The number of nitrogens with two attached hydrogens (primary N) is 1. The molecule has 1 aromatic carbocycles. The van der Waals surface area contributed by atoms with E-state index in [4.69, 9.17) is 10.5 Å². The molecule has 0 fully saturated rings. The smallest absolute Gasteiger partial charge is 0.102 e. The van der Waals surface area contributed by atoms with E-state index in [1.165, 1.54) is 10.4 Å². The van der Waals surface area contributed by atoms with Crippen LogP contribution in [0.3, 0.4) is 0 Å². The molecular weight excluding hydrogens is 242 g/mol. The minimum atomic E-state index is -0.104. The maximum absolute atomic E-state index is 6.39. The summed E-state index contributed by atoms with van der Waals surface area (Å²) in [7, 11) is 0. The fraction of sp³-hybridized carbons (Fsp3) is 0.333. The zero-order valence-corrected chi connectivity index (χ0v) is 11.6. The summed E-state index contributed by atoms with van der Waals surface area (Å²) in [6.45, 7) is 4.77. The van der Waals surface area contributed by atoms with Gasteiger partial charge in [-0.15, -0.1) is 11.3 Å². The number of rotatable bonds is 5. The van der Waals surface area contributed by atoms with Crippen LogP contribution in [0, 0.1) is 6.92 Å². The Morgan fingerprint density at radius 3 is 2.50 bits per heavy atom. The van der Waals surface area contributed by atoms with E-state index in [-0.39, 0.29) is 12.1 Å². The van der Waals surface area contributed by atoms with Crippen molar-refractivity contribution in [2.45, 2.75) is 26.0 Å². The first-order chi connectivity index (χ1) is 8.74. The molecule has 1 aromatic heterocycles. The van der Waals surface area contributed by atoms with Gasteiger partial charge in [0.25, 0.3) is 0 Å². The van der Waals surface area contributed by atoms with Crippen LogP contribution in [0.25, 0.3) is 0 Å². The van der Waals surface area contributed by atoms with Crippen molar-refractivity contribution in [3.63, 3.8) is 0 Å². The molecule has 2 rings (SSSR count). The van der Waals surface area contributed by atoms with Crippen LogP contribution in [0.15, 0.2) is 41.8 Å². The van der Waals surface area contributed by atoms with E-state index in [2.05, 4.69) is 30.5 Å². The van der Waals surface area contributed by atoms with Crippen molar-refractivity contribution in [1.29, 1.82) is 0 Å². The van der Waals surface area contributed by atoms with E-state index in [0.717, 1.165) is 5.56 Å². The van der Waals surface area contributed by atoms with Crippen molar-refractivity contribution in [3.8, 4) is 0 Å². The zero-order valence-electron chi connectivity index (χ0n) is 10.8. The van der Waals surface area contributed by atoms with Gasteiger partial charge in [-0.1, -0.05) is 30.3 Å². The van der Waals surface area contributed by atoms with Gasteiger partial charge in [0.15, 0.2) is 0 Å².